The fourth-order valence-electron chi connectivity index (χ4n) is 2.85. The van der Waals surface area contributed by atoms with Gasteiger partial charge in [0.1, 0.15) is 10.8 Å². The number of methoxy groups -OCH3 is 1. The third-order valence-electron chi connectivity index (χ3n) is 3.82. The average Bonchev–Trinajstić information content (AvgIpc) is 2.81. The minimum absolute atomic E-state index is 0.123. The van der Waals surface area contributed by atoms with E-state index in [0.717, 1.165) is 29.2 Å². The number of nitrogens with zero attached hydrogens (tertiary/aromatic N) is 1. The van der Waals surface area contributed by atoms with Gasteiger partial charge in [0.25, 0.3) is 0 Å². The number of fused-ring (bicyclic) bond motifs is 1. The Morgan fingerprint density at radius 2 is 2.00 bits per heavy atom. The lowest BCUT2D eigenvalue weighted by atomic mass is 9.77. The maximum atomic E-state index is 6.31. The predicted molar refractivity (Wildman–Crippen MR) is 83.1 cm³/mol. The topological polar surface area (TPSA) is 48.1 Å². The summed E-state index contributed by atoms with van der Waals surface area (Å²) in [7, 11) is 1.68. The lowest BCUT2D eigenvalue weighted by molar-refractivity contribution is 0.282. The van der Waals surface area contributed by atoms with Gasteiger partial charge in [-0.3, -0.25) is 0 Å². The molecule has 1 unspecified atom stereocenters. The van der Waals surface area contributed by atoms with Crippen molar-refractivity contribution in [3.05, 3.63) is 34.8 Å². The molecule has 20 heavy (non-hydrogen) atoms. The summed E-state index contributed by atoms with van der Waals surface area (Å²) in [5.74, 6) is 0.868. The zero-order valence-corrected chi connectivity index (χ0v) is 13.0. The first-order valence-corrected chi connectivity index (χ1v) is 7.70. The second kappa shape index (κ2) is 4.86. The van der Waals surface area contributed by atoms with Crippen molar-refractivity contribution >= 4 is 11.3 Å². The number of benzene rings is 1. The Balaban J connectivity index is 1.96. The molecule has 1 aromatic carbocycles. The Morgan fingerprint density at radius 1 is 1.30 bits per heavy atom. The van der Waals surface area contributed by atoms with Gasteiger partial charge in [0, 0.05) is 16.5 Å². The second-order valence-electron chi connectivity index (χ2n) is 6.21. The van der Waals surface area contributed by atoms with Crippen LogP contribution in [0.3, 0.4) is 0 Å². The molecule has 0 saturated carbocycles. The third kappa shape index (κ3) is 2.45. The van der Waals surface area contributed by atoms with Gasteiger partial charge in [0.05, 0.1) is 12.8 Å². The number of thiazole rings is 1. The van der Waals surface area contributed by atoms with E-state index in [-0.39, 0.29) is 11.5 Å². The Labute approximate surface area is 123 Å². The molecule has 4 heteroatoms. The highest BCUT2D eigenvalue weighted by Crippen LogP contribution is 2.43. The van der Waals surface area contributed by atoms with Gasteiger partial charge in [0.15, 0.2) is 0 Å². The van der Waals surface area contributed by atoms with E-state index in [9.17, 15) is 0 Å². The summed E-state index contributed by atoms with van der Waals surface area (Å²) >= 11 is 1.73. The Hall–Kier alpha value is -1.39. The van der Waals surface area contributed by atoms with Crippen LogP contribution < -0.4 is 10.5 Å². The fourth-order valence-corrected chi connectivity index (χ4v) is 3.94. The van der Waals surface area contributed by atoms with Crippen molar-refractivity contribution in [1.82, 2.24) is 4.98 Å². The molecule has 1 atom stereocenters. The van der Waals surface area contributed by atoms with Gasteiger partial charge in [-0.25, -0.2) is 4.98 Å². The highest BCUT2D eigenvalue weighted by atomic mass is 32.1. The van der Waals surface area contributed by atoms with Gasteiger partial charge in [-0.05, 0) is 42.5 Å². The van der Waals surface area contributed by atoms with Crippen LogP contribution in [0.1, 0.15) is 36.9 Å². The average molecular weight is 288 g/mol. The molecule has 0 amide bonds. The van der Waals surface area contributed by atoms with Crippen molar-refractivity contribution in [2.45, 2.75) is 32.7 Å². The van der Waals surface area contributed by atoms with Gasteiger partial charge >= 0.3 is 0 Å². The summed E-state index contributed by atoms with van der Waals surface area (Å²) in [6, 6.07) is 8.18. The van der Waals surface area contributed by atoms with E-state index < -0.39 is 0 Å². The molecule has 1 heterocycles. The first kappa shape index (κ1) is 13.6. The van der Waals surface area contributed by atoms with Crippen LogP contribution in [-0.2, 0) is 6.42 Å². The molecule has 2 N–H and O–H groups in total. The largest absolute Gasteiger partial charge is 0.497 e. The number of nitrogens with two attached hydrogens (primary N) is 1. The molecule has 0 spiro atoms. The molecule has 106 valence electrons. The van der Waals surface area contributed by atoms with Crippen LogP contribution in [0.2, 0.25) is 0 Å². The van der Waals surface area contributed by atoms with Crippen LogP contribution in [0, 0.1) is 5.41 Å². The van der Waals surface area contributed by atoms with Crippen molar-refractivity contribution in [2.24, 2.45) is 11.1 Å². The maximum Gasteiger partial charge on any atom is 0.123 e. The lowest BCUT2D eigenvalue weighted by Crippen LogP contribution is -2.28. The van der Waals surface area contributed by atoms with E-state index in [2.05, 4.69) is 26.0 Å². The molecular weight excluding hydrogens is 268 g/mol. The number of rotatable bonds is 2. The van der Waals surface area contributed by atoms with Crippen LogP contribution in [0.5, 0.6) is 5.75 Å². The monoisotopic (exact) mass is 288 g/mol. The van der Waals surface area contributed by atoms with E-state index in [1.54, 1.807) is 18.4 Å². The molecule has 1 aliphatic carbocycles. The van der Waals surface area contributed by atoms with E-state index in [1.165, 1.54) is 10.6 Å². The van der Waals surface area contributed by atoms with E-state index in [4.69, 9.17) is 15.5 Å². The molecule has 0 radical (unpaired) electrons. The fraction of sp³-hybridized carbons (Fsp3) is 0.438. The van der Waals surface area contributed by atoms with Crippen molar-refractivity contribution in [3.63, 3.8) is 0 Å². The van der Waals surface area contributed by atoms with Gasteiger partial charge < -0.3 is 10.5 Å². The predicted octanol–water partition coefficient (Wildman–Crippen LogP) is 3.79. The summed E-state index contributed by atoms with van der Waals surface area (Å²) < 4.78 is 5.19. The summed E-state index contributed by atoms with van der Waals surface area (Å²) in [6.07, 6.45) is 2.05. The number of aromatic nitrogens is 1. The molecule has 3 rings (SSSR count). The summed E-state index contributed by atoms with van der Waals surface area (Å²) in [5, 5.41) is 1.06. The molecule has 2 aromatic rings. The maximum absolute atomic E-state index is 6.31. The number of hydrogen-bond donors (Lipinski definition) is 1. The molecule has 0 bridgehead atoms. The Morgan fingerprint density at radius 3 is 2.65 bits per heavy atom. The summed E-state index contributed by atoms with van der Waals surface area (Å²) in [5.41, 5.74) is 8.88. The number of hydrogen-bond acceptors (Lipinski definition) is 4. The smallest absolute Gasteiger partial charge is 0.123 e. The first-order chi connectivity index (χ1) is 9.48. The van der Waals surface area contributed by atoms with E-state index >= 15 is 0 Å². The lowest BCUT2D eigenvalue weighted by Gasteiger charge is -2.32. The highest BCUT2D eigenvalue weighted by Gasteiger charge is 2.33. The Bertz CT molecular complexity index is 616. The SMILES string of the molecule is COc1ccc(-c2nc3c(s2)C(N)CC(C)(C)C3)cc1. The third-order valence-corrected chi connectivity index (χ3v) is 5.10. The zero-order valence-electron chi connectivity index (χ0n) is 12.1. The van der Waals surface area contributed by atoms with Crippen LogP contribution in [0.4, 0.5) is 0 Å². The normalized spacial score (nSPS) is 20.5. The van der Waals surface area contributed by atoms with Crippen LogP contribution >= 0.6 is 11.3 Å². The summed E-state index contributed by atoms with van der Waals surface area (Å²) in [6.45, 7) is 4.53. The molecule has 0 fully saturated rings. The van der Waals surface area contributed by atoms with E-state index in [0.29, 0.717) is 0 Å². The van der Waals surface area contributed by atoms with Crippen LogP contribution in [-0.4, -0.2) is 12.1 Å². The van der Waals surface area contributed by atoms with Gasteiger partial charge in [-0.2, -0.15) is 0 Å². The molecule has 0 aliphatic heterocycles. The van der Waals surface area contributed by atoms with Crippen molar-refractivity contribution in [2.75, 3.05) is 7.11 Å². The quantitative estimate of drug-likeness (QED) is 0.914. The number of ether oxygens (including phenoxy) is 1. The van der Waals surface area contributed by atoms with Crippen molar-refractivity contribution in [1.29, 1.82) is 0 Å². The van der Waals surface area contributed by atoms with Crippen molar-refractivity contribution < 1.29 is 4.74 Å². The van der Waals surface area contributed by atoms with Gasteiger partial charge in [-0.15, -0.1) is 11.3 Å². The Kier molecular flexibility index (Phi) is 3.30. The van der Waals surface area contributed by atoms with E-state index in [1.807, 2.05) is 12.1 Å². The van der Waals surface area contributed by atoms with Gasteiger partial charge in [0.2, 0.25) is 0 Å². The minimum Gasteiger partial charge on any atom is -0.497 e. The molecule has 3 nitrogen and oxygen atoms in total. The van der Waals surface area contributed by atoms with Gasteiger partial charge in [-0.1, -0.05) is 13.8 Å². The minimum atomic E-state index is 0.123. The first-order valence-electron chi connectivity index (χ1n) is 6.88. The zero-order chi connectivity index (χ0) is 14.3. The molecule has 1 aliphatic rings. The highest BCUT2D eigenvalue weighted by molar-refractivity contribution is 7.15. The molecule has 0 saturated heterocycles. The van der Waals surface area contributed by atoms with Crippen LogP contribution in [0.25, 0.3) is 10.6 Å². The van der Waals surface area contributed by atoms with Crippen LogP contribution in [0.15, 0.2) is 24.3 Å². The standard InChI is InChI=1S/C16H20N2OS/c1-16(2)8-12(17)14-13(9-16)18-15(20-14)10-4-6-11(19-3)7-5-10/h4-7,12H,8-9,17H2,1-3H3. The molecule has 1 aromatic heterocycles. The summed E-state index contributed by atoms with van der Waals surface area (Å²) in [4.78, 5) is 6.08. The second-order valence-corrected chi connectivity index (χ2v) is 7.24. The molecular formula is C16H20N2OS. The van der Waals surface area contributed by atoms with Crippen molar-refractivity contribution in [3.8, 4) is 16.3 Å².